The number of methoxy groups -OCH3 is 1. The Hall–Kier alpha value is -3.32. The van der Waals surface area contributed by atoms with Crippen LogP contribution in [-0.4, -0.2) is 39.6 Å². The van der Waals surface area contributed by atoms with E-state index in [4.69, 9.17) is 4.74 Å². The fourth-order valence-corrected chi connectivity index (χ4v) is 4.27. The van der Waals surface area contributed by atoms with Crippen LogP contribution in [0.3, 0.4) is 0 Å². The molecule has 7 heteroatoms. The molecule has 1 amide bonds. The Balaban J connectivity index is 1.94. The van der Waals surface area contributed by atoms with Gasteiger partial charge in [-0.25, -0.2) is 8.42 Å². The first-order valence-electron chi connectivity index (χ1n) is 9.79. The fraction of sp³-hybridized carbons (Fsp3) is 0.208. The Morgan fingerprint density at radius 2 is 1.48 bits per heavy atom. The van der Waals surface area contributed by atoms with Gasteiger partial charge in [-0.2, -0.15) is 0 Å². The number of carbonyl (C=O) groups excluding carboxylic acids is 1. The molecule has 0 radical (unpaired) electrons. The number of rotatable bonds is 8. The van der Waals surface area contributed by atoms with Crippen LogP contribution in [0.5, 0.6) is 5.75 Å². The van der Waals surface area contributed by atoms with E-state index < -0.39 is 10.0 Å². The molecule has 0 fully saturated rings. The van der Waals surface area contributed by atoms with E-state index in [2.05, 4.69) is 0 Å². The molecule has 6 nitrogen and oxygen atoms in total. The van der Waals surface area contributed by atoms with Crippen molar-refractivity contribution in [3.05, 3.63) is 95.6 Å². The minimum atomic E-state index is -3.62. The summed E-state index contributed by atoms with van der Waals surface area (Å²) in [5, 5.41) is 0. The van der Waals surface area contributed by atoms with Gasteiger partial charge in [0.05, 0.1) is 31.2 Å². The Kier molecular flexibility index (Phi) is 6.97. The predicted octanol–water partition coefficient (Wildman–Crippen LogP) is 3.93. The van der Waals surface area contributed by atoms with Gasteiger partial charge >= 0.3 is 0 Å². The molecule has 0 atom stereocenters. The first-order valence-corrected chi connectivity index (χ1v) is 11.6. The maximum Gasteiger partial charge on any atom is 0.256 e. The molecule has 0 saturated carbocycles. The zero-order chi connectivity index (χ0) is 22.4. The van der Waals surface area contributed by atoms with Gasteiger partial charge in [0.25, 0.3) is 5.91 Å². The molecular weight excluding hydrogens is 412 g/mol. The number of anilines is 1. The van der Waals surface area contributed by atoms with Gasteiger partial charge in [0.2, 0.25) is 10.0 Å². The zero-order valence-electron chi connectivity index (χ0n) is 17.9. The average Bonchev–Trinajstić information content (AvgIpc) is 2.77. The highest BCUT2D eigenvalue weighted by atomic mass is 32.2. The number of sulfonamides is 1. The van der Waals surface area contributed by atoms with E-state index in [-0.39, 0.29) is 12.5 Å². The number of nitrogens with zero attached hydrogens (tertiary/aromatic N) is 2. The highest BCUT2D eigenvalue weighted by molar-refractivity contribution is 7.92. The molecule has 0 aliphatic heterocycles. The van der Waals surface area contributed by atoms with Gasteiger partial charge in [-0.3, -0.25) is 9.10 Å². The molecule has 0 bridgehead atoms. The number of ether oxygens (including phenoxy) is 1. The zero-order valence-corrected chi connectivity index (χ0v) is 18.7. The summed E-state index contributed by atoms with van der Waals surface area (Å²) in [4.78, 5) is 14.9. The molecular formula is C24H26N2O4S. The van der Waals surface area contributed by atoms with Crippen molar-refractivity contribution < 1.29 is 17.9 Å². The van der Waals surface area contributed by atoms with Crippen LogP contribution in [0.4, 0.5) is 5.69 Å². The second-order valence-corrected chi connectivity index (χ2v) is 9.15. The van der Waals surface area contributed by atoms with E-state index in [0.29, 0.717) is 23.5 Å². The highest BCUT2D eigenvalue weighted by Crippen LogP contribution is 2.27. The van der Waals surface area contributed by atoms with E-state index in [0.717, 1.165) is 17.4 Å². The lowest BCUT2D eigenvalue weighted by Crippen LogP contribution is -2.33. The molecule has 0 aromatic heterocycles. The van der Waals surface area contributed by atoms with Gasteiger partial charge in [0.15, 0.2) is 0 Å². The van der Waals surface area contributed by atoms with Crippen LogP contribution in [-0.2, 0) is 23.1 Å². The normalized spacial score (nSPS) is 11.1. The van der Waals surface area contributed by atoms with Crippen LogP contribution in [0.2, 0.25) is 0 Å². The number of carbonyl (C=O) groups is 1. The van der Waals surface area contributed by atoms with Gasteiger partial charge in [-0.1, -0.05) is 60.7 Å². The van der Waals surface area contributed by atoms with Crippen LogP contribution in [0.25, 0.3) is 0 Å². The average molecular weight is 439 g/mol. The van der Waals surface area contributed by atoms with Gasteiger partial charge in [-0.15, -0.1) is 0 Å². The van der Waals surface area contributed by atoms with Crippen molar-refractivity contribution in [2.75, 3.05) is 24.7 Å². The SMILES string of the molecule is COc1ccccc1CN(C)C(=O)c1ccccc1N(Cc1ccccc1)S(C)(=O)=O. The summed E-state index contributed by atoms with van der Waals surface area (Å²) in [6.07, 6.45) is 1.15. The fourth-order valence-electron chi connectivity index (χ4n) is 3.37. The summed E-state index contributed by atoms with van der Waals surface area (Å²) in [6.45, 7) is 0.467. The van der Waals surface area contributed by atoms with E-state index in [1.807, 2.05) is 54.6 Å². The molecule has 31 heavy (non-hydrogen) atoms. The molecule has 0 aliphatic carbocycles. The molecule has 3 aromatic carbocycles. The van der Waals surface area contributed by atoms with Crippen LogP contribution in [0.15, 0.2) is 78.9 Å². The van der Waals surface area contributed by atoms with Crippen molar-refractivity contribution in [1.29, 1.82) is 0 Å². The topological polar surface area (TPSA) is 66.9 Å². The van der Waals surface area contributed by atoms with E-state index >= 15 is 0 Å². The summed E-state index contributed by atoms with van der Waals surface area (Å²) >= 11 is 0. The number of benzene rings is 3. The minimum absolute atomic E-state index is 0.139. The lowest BCUT2D eigenvalue weighted by molar-refractivity contribution is 0.0785. The van der Waals surface area contributed by atoms with Crippen molar-refractivity contribution in [3.8, 4) is 5.75 Å². The van der Waals surface area contributed by atoms with Crippen LogP contribution in [0.1, 0.15) is 21.5 Å². The van der Waals surface area contributed by atoms with E-state index in [9.17, 15) is 13.2 Å². The first kappa shape index (κ1) is 22.4. The molecule has 0 aliphatic rings. The minimum Gasteiger partial charge on any atom is -0.496 e. The Morgan fingerprint density at radius 1 is 0.871 bits per heavy atom. The predicted molar refractivity (Wildman–Crippen MR) is 123 cm³/mol. The van der Waals surface area contributed by atoms with Crippen LogP contribution >= 0.6 is 0 Å². The molecule has 0 N–H and O–H groups in total. The largest absolute Gasteiger partial charge is 0.496 e. The van der Waals surface area contributed by atoms with Crippen molar-refractivity contribution in [2.45, 2.75) is 13.1 Å². The molecule has 0 unspecified atom stereocenters. The maximum atomic E-state index is 13.3. The van der Waals surface area contributed by atoms with Crippen LogP contribution < -0.4 is 9.04 Å². The van der Waals surface area contributed by atoms with Crippen LogP contribution in [0, 0.1) is 0 Å². The van der Waals surface area contributed by atoms with Crippen molar-refractivity contribution in [1.82, 2.24) is 4.90 Å². The Labute approximate surface area is 183 Å². The third-order valence-electron chi connectivity index (χ3n) is 4.92. The van der Waals surface area contributed by atoms with Crippen molar-refractivity contribution >= 4 is 21.6 Å². The number of para-hydroxylation sites is 2. The number of hydrogen-bond acceptors (Lipinski definition) is 4. The number of hydrogen-bond donors (Lipinski definition) is 0. The van der Waals surface area contributed by atoms with E-state index in [1.165, 1.54) is 4.31 Å². The van der Waals surface area contributed by atoms with Gasteiger partial charge < -0.3 is 9.64 Å². The molecule has 3 rings (SSSR count). The van der Waals surface area contributed by atoms with Gasteiger partial charge in [0.1, 0.15) is 5.75 Å². The summed E-state index contributed by atoms with van der Waals surface area (Å²) in [5.74, 6) is 0.417. The summed E-state index contributed by atoms with van der Waals surface area (Å²) < 4.78 is 31.9. The lowest BCUT2D eigenvalue weighted by Gasteiger charge is -2.26. The molecule has 0 saturated heterocycles. The molecule has 0 spiro atoms. The monoisotopic (exact) mass is 438 g/mol. The third-order valence-corrected chi connectivity index (χ3v) is 6.05. The maximum absolute atomic E-state index is 13.3. The molecule has 3 aromatic rings. The summed E-state index contributed by atoms with van der Waals surface area (Å²) in [5.41, 5.74) is 2.37. The standard InChI is InChI=1S/C24H26N2O4S/c1-25(18-20-13-7-10-16-23(20)30-2)24(27)21-14-8-9-15-22(21)26(31(3,28)29)17-19-11-5-4-6-12-19/h4-16H,17-18H2,1-3H3. The highest BCUT2D eigenvalue weighted by Gasteiger charge is 2.25. The Morgan fingerprint density at radius 3 is 2.16 bits per heavy atom. The third kappa shape index (κ3) is 5.44. The van der Waals surface area contributed by atoms with E-state index in [1.54, 1.807) is 43.3 Å². The van der Waals surface area contributed by atoms with Gasteiger partial charge in [0, 0.05) is 19.2 Å². The Bertz CT molecular complexity index is 1150. The smallest absolute Gasteiger partial charge is 0.256 e. The van der Waals surface area contributed by atoms with Crippen molar-refractivity contribution in [2.24, 2.45) is 0 Å². The van der Waals surface area contributed by atoms with Crippen molar-refractivity contribution in [3.63, 3.8) is 0 Å². The molecule has 162 valence electrons. The second-order valence-electron chi connectivity index (χ2n) is 7.25. The second kappa shape index (κ2) is 9.66. The lowest BCUT2D eigenvalue weighted by atomic mass is 10.1. The molecule has 0 heterocycles. The quantitative estimate of drug-likeness (QED) is 0.534. The first-order chi connectivity index (χ1) is 14.8. The number of amides is 1. The summed E-state index contributed by atoms with van der Waals surface area (Å²) in [6, 6.07) is 23.6. The summed E-state index contributed by atoms with van der Waals surface area (Å²) in [7, 11) is -0.350. The van der Waals surface area contributed by atoms with Gasteiger partial charge in [-0.05, 0) is 23.8 Å².